The molecule has 1 fully saturated rings. The van der Waals surface area contributed by atoms with Crippen molar-refractivity contribution in [1.29, 1.82) is 0 Å². The lowest BCUT2D eigenvalue weighted by molar-refractivity contribution is 0.0527. The third kappa shape index (κ3) is 3.44. The molecule has 0 radical (unpaired) electrons. The van der Waals surface area contributed by atoms with Gasteiger partial charge in [-0.1, -0.05) is 6.92 Å². The third-order valence-electron chi connectivity index (χ3n) is 3.91. The van der Waals surface area contributed by atoms with Crippen molar-refractivity contribution in [3.05, 3.63) is 23.8 Å². The Morgan fingerprint density at radius 2 is 2.20 bits per heavy atom. The summed E-state index contributed by atoms with van der Waals surface area (Å²) in [6.07, 6.45) is 3.66. The summed E-state index contributed by atoms with van der Waals surface area (Å²) in [5.74, 6) is 0.438. The van der Waals surface area contributed by atoms with E-state index < -0.39 is 0 Å². The Morgan fingerprint density at radius 3 is 2.95 bits per heavy atom. The maximum Gasteiger partial charge on any atom is 0.340 e. The number of benzene rings is 1. The van der Waals surface area contributed by atoms with E-state index in [2.05, 4.69) is 11.8 Å². The molecule has 20 heavy (non-hydrogen) atoms. The minimum absolute atomic E-state index is 0.338. The molecular weight excluding hydrogens is 252 g/mol. The van der Waals surface area contributed by atoms with Gasteiger partial charge in [0.2, 0.25) is 0 Å². The van der Waals surface area contributed by atoms with Crippen molar-refractivity contribution < 1.29 is 9.53 Å². The summed E-state index contributed by atoms with van der Waals surface area (Å²) in [6, 6.07) is 5.66. The van der Waals surface area contributed by atoms with Gasteiger partial charge in [-0.2, -0.15) is 0 Å². The lowest BCUT2D eigenvalue weighted by atomic mass is 10.0. The van der Waals surface area contributed by atoms with Gasteiger partial charge in [0.15, 0.2) is 0 Å². The molecule has 4 heteroatoms. The van der Waals surface area contributed by atoms with Crippen LogP contribution in [0.4, 0.5) is 11.4 Å². The largest absolute Gasteiger partial charge is 0.462 e. The average molecular weight is 276 g/mol. The molecule has 0 bridgehead atoms. The smallest absolute Gasteiger partial charge is 0.340 e. The topological polar surface area (TPSA) is 55.6 Å². The molecule has 0 aliphatic carbocycles. The molecule has 1 aliphatic rings. The Hall–Kier alpha value is -1.71. The number of hydrogen-bond acceptors (Lipinski definition) is 4. The van der Waals surface area contributed by atoms with Crippen molar-refractivity contribution in [2.45, 2.75) is 33.1 Å². The van der Waals surface area contributed by atoms with Crippen LogP contribution in [0.2, 0.25) is 0 Å². The molecule has 110 valence electrons. The van der Waals surface area contributed by atoms with E-state index in [1.165, 1.54) is 19.3 Å². The minimum atomic E-state index is -0.338. The standard InChI is InChI=1S/C16H24N2O2/c1-3-20-16(19)14-11-13(6-7-15(14)17)18-9-4-5-12(2)8-10-18/h6-7,11-12H,3-5,8-10,17H2,1-2H3. The summed E-state index contributed by atoms with van der Waals surface area (Å²) < 4.78 is 5.06. The highest BCUT2D eigenvalue weighted by Crippen LogP contribution is 2.26. The number of anilines is 2. The summed E-state index contributed by atoms with van der Waals surface area (Å²) in [5, 5.41) is 0. The maximum absolute atomic E-state index is 11.9. The fourth-order valence-electron chi connectivity index (χ4n) is 2.65. The number of nitrogens with zero attached hydrogens (tertiary/aromatic N) is 1. The van der Waals surface area contributed by atoms with Gasteiger partial charge in [-0.3, -0.25) is 0 Å². The highest BCUT2D eigenvalue weighted by Gasteiger charge is 2.17. The second-order valence-corrected chi connectivity index (χ2v) is 5.52. The van der Waals surface area contributed by atoms with E-state index >= 15 is 0 Å². The predicted molar refractivity (Wildman–Crippen MR) is 82.0 cm³/mol. The molecule has 1 heterocycles. The summed E-state index contributed by atoms with van der Waals surface area (Å²) in [6.45, 7) is 6.54. The van der Waals surface area contributed by atoms with Crippen LogP contribution in [0.1, 0.15) is 43.5 Å². The Labute approximate surface area is 120 Å². The third-order valence-corrected chi connectivity index (χ3v) is 3.91. The molecular formula is C16H24N2O2. The first-order valence-corrected chi connectivity index (χ1v) is 7.43. The fraction of sp³-hybridized carbons (Fsp3) is 0.562. The van der Waals surface area contributed by atoms with Crippen molar-refractivity contribution in [3.63, 3.8) is 0 Å². The van der Waals surface area contributed by atoms with Crippen LogP contribution < -0.4 is 10.6 Å². The number of carbonyl (C=O) groups is 1. The Bertz CT molecular complexity index is 474. The molecule has 2 rings (SSSR count). The molecule has 1 atom stereocenters. The number of esters is 1. The highest BCUT2D eigenvalue weighted by molar-refractivity contribution is 5.96. The fourth-order valence-corrected chi connectivity index (χ4v) is 2.65. The van der Waals surface area contributed by atoms with Gasteiger partial charge >= 0.3 is 5.97 Å². The van der Waals surface area contributed by atoms with Gasteiger partial charge < -0.3 is 15.4 Å². The summed E-state index contributed by atoms with van der Waals surface area (Å²) in [4.78, 5) is 14.2. The SMILES string of the molecule is CCOC(=O)c1cc(N2CCCC(C)CC2)ccc1N. The van der Waals surface area contributed by atoms with Gasteiger partial charge in [-0.05, 0) is 50.3 Å². The van der Waals surface area contributed by atoms with Crippen LogP contribution in [0.25, 0.3) is 0 Å². The zero-order valence-corrected chi connectivity index (χ0v) is 12.4. The van der Waals surface area contributed by atoms with Crippen molar-refractivity contribution >= 4 is 17.3 Å². The van der Waals surface area contributed by atoms with E-state index in [1.807, 2.05) is 12.1 Å². The van der Waals surface area contributed by atoms with Crippen molar-refractivity contribution in [3.8, 4) is 0 Å². The van der Waals surface area contributed by atoms with Crippen LogP contribution in [0.5, 0.6) is 0 Å². The lowest BCUT2D eigenvalue weighted by Gasteiger charge is -2.23. The number of nitrogens with two attached hydrogens (primary N) is 1. The molecule has 0 amide bonds. The normalized spacial score (nSPS) is 19.5. The Morgan fingerprint density at radius 1 is 1.40 bits per heavy atom. The first-order valence-electron chi connectivity index (χ1n) is 7.43. The molecule has 4 nitrogen and oxygen atoms in total. The van der Waals surface area contributed by atoms with Crippen molar-refractivity contribution in [1.82, 2.24) is 0 Å². The van der Waals surface area contributed by atoms with E-state index in [9.17, 15) is 4.79 Å². The molecule has 0 saturated carbocycles. The van der Waals surface area contributed by atoms with Gasteiger partial charge in [-0.15, -0.1) is 0 Å². The van der Waals surface area contributed by atoms with Gasteiger partial charge in [0, 0.05) is 24.5 Å². The minimum Gasteiger partial charge on any atom is -0.462 e. The van der Waals surface area contributed by atoms with Gasteiger partial charge in [0.1, 0.15) is 0 Å². The second-order valence-electron chi connectivity index (χ2n) is 5.52. The van der Waals surface area contributed by atoms with Gasteiger partial charge in [0.05, 0.1) is 12.2 Å². The van der Waals surface area contributed by atoms with E-state index in [0.717, 1.165) is 24.7 Å². The van der Waals surface area contributed by atoms with Crippen LogP contribution in [-0.2, 0) is 4.74 Å². The number of rotatable bonds is 3. The zero-order valence-electron chi connectivity index (χ0n) is 12.4. The molecule has 1 aliphatic heterocycles. The summed E-state index contributed by atoms with van der Waals surface area (Å²) >= 11 is 0. The van der Waals surface area contributed by atoms with Crippen LogP contribution in [-0.4, -0.2) is 25.7 Å². The number of hydrogen-bond donors (Lipinski definition) is 1. The van der Waals surface area contributed by atoms with Crippen LogP contribution in [0, 0.1) is 5.92 Å². The van der Waals surface area contributed by atoms with Crippen molar-refractivity contribution in [2.75, 3.05) is 30.3 Å². The van der Waals surface area contributed by atoms with Gasteiger partial charge in [-0.25, -0.2) is 4.79 Å². The van der Waals surface area contributed by atoms with Crippen LogP contribution in [0.3, 0.4) is 0 Å². The summed E-state index contributed by atoms with van der Waals surface area (Å²) in [5.41, 5.74) is 7.91. The van der Waals surface area contributed by atoms with Gasteiger partial charge in [0.25, 0.3) is 0 Å². The number of nitrogen functional groups attached to an aromatic ring is 1. The maximum atomic E-state index is 11.9. The monoisotopic (exact) mass is 276 g/mol. The Balaban J connectivity index is 2.20. The van der Waals surface area contributed by atoms with E-state index in [1.54, 1.807) is 13.0 Å². The van der Waals surface area contributed by atoms with Crippen molar-refractivity contribution in [2.24, 2.45) is 5.92 Å². The molecule has 1 unspecified atom stereocenters. The molecule has 1 aromatic carbocycles. The highest BCUT2D eigenvalue weighted by atomic mass is 16.5. The zero-order chi connectivity index (χ0) is 14.5. The Kier molecular flexibility index (Phi) is 4.88. The molecule has 1 aromatic rings. The number of carbonyl (C=O) groups excluding carboxylic acids is 1. The van der Waals surface area contributed by atoms with E-state index in [0.29, 0.717) is 17.9 Å². The molecule has 0 spiro atoms. The molecule has 2 N–H and O–H groups in total. The van der Waals surface area contributed by atoms with E-state index in [4.69, 9.17) is 10.5 Å². The second kappa shape index (κ2) is 6.64. The average Bonchev–Trinajstić information content (AvgIpc) is 2.64. The summed E-state index contributed by atoms with van der Waals surface area (Å²) in [7, 11) is 0. The number of ether oxygens (including phenoxy) is 1. The quantitative estimate of drug-likeness (QED) is 0.681. The first kappa shape index (κ1) is 14.7. The molecule has 0 aromatic heterocycles. The molecule has 1 saturated heterocycles. The lowest BCUT2D eigenvalue weighted by Crippen LogP contribution is -2.24. The van der Waals surface area contributed by atoms with Crippen LogP contribution in [0.15, 0.2) is 18.2 Å². The van der Waals surface area contributed by atoms with E-state index in [-0.39, 0.29) is 5.97 Å². The van der Waals surface area contributed by atoms with Crippen LogP contribution >= 0.6 is 0 Å². The predicted octanol–water partition coefficient (Wildman–Crippen LogP) is 3.07. The first-order chi connectivity index (χ1) is 9.61.